The van der Waals surface area contributed by atoms with Gasteiger partial charge in [-0.1, -0.05) is 13.8 Å². The first kappa shape index (κ1) is 15.7. The second kappa shape index (κ2) is 7.28. The number of aryl methyl sites for hydroxylation is 2. The van der Waals surface area contributed by atoms with Gasteiger partial charge in [-0.3, -0.25) is 4.79 Å². The van der Waals surface area contributed by atoms with E-state index in [-0.39, 0.29) is 5.91 Å². The molecule has 1 amide bonds. The number of hydrogen-bond acceptors (Lipinski definition) is 3. The number of hydrogen-bond donors (Lipinski definition) is 2. The highest BCUT2D eigenvalue weighted by Gasteiger charge is 2.22. The lowest BCUT2D eigenvalue weighted by Gasteiger charge is -2.25. The number of imidazole rings is 1. The third-order valence-electron chi connectivity index (χ3n) is 3.66. The van der Waals surface area contributed by atoms with Gasteiger partial charge in [0, 0.05) is 31.9 Å². The number of aliphatic hydroxyl groups is 1. The highest BCUT2D eigenvalue weighted by atomic mass is 16.3. The van der Waals surface area contributed by atoms with Gasteiger partial charge in [-0.15, -0.1) is 0 Å². The maximum atomic E-state index is 11.7. The lowest BCUT2D eigenvalue weighted by Crippen LogP contribution is -2.42. The highest BCUT2D eigenvalue weighted by Crippen LogP contribution is 2.12. The Morgan fingerprint density at radius 2 is 2.16 bits per heavy atom. The number of nitrogens with one attached hydrogen (secondary N) is 1. The van der Waals surface area contributed by atoms with Crippen molar-refractivity contribution in [3.05, 3.63) is 18.2 Å². The zero-order valence-electron chi connectivity index (χ0n) is 12.1. The molecule has 108 valence electrons. The molecule has 0 radical (unpaired) electrons. The van der Waals surface area contributed by atoms with E-state index in [4.69, 9.17) is 0 Å². The minimum absolute atomic E-state index is 0.00177. The van der Waals surface area contributed by atoms with Crippen molar-refractivity contribution < 1.29 is 9.90 Å². The fourth-order valence-corrected chi connectivity index (χ4v) is 1.90. The minimum Gasteiger partial charge on any atom is -0.388 e. The largest absolute Gasteiger partial charge is 0.388 e. The Morgan fingerprint density at radius 3 is 2.68 bits per heavy atom. The number of carbonyl (C=O) groups excluding carboxylic acids is 1. The van der Waals surface area contributed by atoms with Gasteiger partial charge in [-0.05, 0) is 26.2 Å². The van der Waals surface area contributed by atoms with Gasteiger partial charge in [0.25, 0.3) is 0 Å². The van der Waals surface area contributed by atoms with Crippen LogP contribution in [0.15, 0.2) is 12.4 Å². The molecule has 0 aliphatic carbocycles. The molecule has 0 atom stereocenters. The highest BCUT2D eigenvalue weighted by molar-refractivity contribution is 5.75. The topological polar surface area (TPSA) is 67.2 Å². The summed E-state index contributed by atoms with van der Waals surface area (Å²) in [5.74, 6) is 0.963. The smallest absolute Gasteiger partial charge is 0.220 e. The quantitative estimate of drug-likeness (QED) is 0.752. The van der Waals surface area contributed by atoms with Gasteiger partial charge in [-0.25, -0.2) is 4.98 Å². The van der Waals surface area contributed by atoms with Crippen molar-refractivity contribution >= 4 is 5.91 Å². The van der Waals surface area contributed by atoms with Crippen LogP contribution < -0.4 is 5.32 Å². The molecule has 0 saturated carbocycles. The van der Waals surface area contributed by atoms with E-state index in [0.717, 1.165) is 18.8 Å². The van der Waals surface area contributed by atoms with Crippen LogP contribution in [0, 0.1) is 6.92 Å². The fraction of sp³-hybridized carbons (Fsp3) is 0.714. The SMILES string of the molecule is CCC(O)(CC)CNC(=O)CCCn1ccnc1C. The zero-order valence-corrected chi connectivity index (χ0v) is 12.1. The number of amides is 1. The monoisotopic (exact) mass is 267 g/mol. The van der Waals surface area contributed by atoms with E-state index in [1.54, 1.807) is 6.20 Å². The fourth-order valence-electron chi connectivity index (χ4n) is 1.90. The van der Waals surface area contributed by atoms with Crippen molar-refractivity contribution in [2.45, 2.75) is 58.6 Å². The summed E-state index contributed by atoms with van der Waals surface area (Å²) in [6, 6.07) is 0. The lowest BCUT2D eigenvalue weighted by atomic mass is 9.97. The Labute approximate surface area is 115 Å². The van der Waals surface area contributed by atoms with Crippen molar-refractivity contribution in [1.29, 1.82) is 0 Å². The summed E-state index contributed by atoms with van der Waals surface area (Å²) in [7, 11) is 0. The van der Waals surface area contributed by atoms with Gasteiger partial charge in [0.1, 0.15) is 5.82 Å². The predicted molar refractivity (Wildman–Crippen MR) is 74.7 cm³/mol. The van der Waals surface area contributed by atoms with Gasteiger partial charge in [-0.2, -0.15) is 0 Å². The van der Waals surface area contributed by atoms with E-state index in [9.17, 15) is 9.90 Å². The molecule has 2 N–H and O–H groups in total. The van der Waals surface area contributed by atoms with E-state index in [1.165, 1.54) is 0 Å². The minimum atomic E-state index is -0.767. The summed E-state index contributed by atoms with van der Waals surface area (Å²) in [6.07, 6.45) is 6.23. The summed E-state index contributed by atoms with van der Waals surface area (Å²) in [5.41, 5.74) is -0.767. The summed E-state index contributed by atoms with van der Waals surface area (Å²) < 4.78 is 2.03. The Bertz CT molecular complexity index is 397. The molecule has 0 fully saturated rings. The molecular weight excluding hydrogens is 242 g/mol. The van der Waals surface area contributed by atoms with E-state index in [0.29, 0.717) is 25.8 Å². The van der Waals surface area contributed by atoms with Crippen LogP contribution in [-0.2, 0) is 11.3 Å². The van der Waals surface area contributed by atoms with Crippen LogP contribution >= 0.6 is 0 Å². The first-order valence-corrected chi connectivity index (χ1v) is 6.97. The van der Waals surface area contributed by atoms with Crippen molar-refractivity contribution in [1.82, 2.24) is 14.9 Å². The van der Waals surface area contributed by atoms with Gasteiger partial charge in [0.15, 0.2) is 0 Å². The molecule has 0 bridgehead atoms. The van der Waals surface area contributed by atoms with Crippen LogP contribution in [0.25, 0.3) is 0 Å². The molecule has 0 saturated heterocycles. The van der Waals surface area contributed by atoms with E-state index in [2.05, 4.69) is 10.3 Å². The van der Waals surface area contributed by atoms with Crippen LogP contribution in [0.5, 0.6) is 0 Å². The number of carbonyl (C=O) groups is 1. The summed E-state index contributed by atoms with van der Waals surface area (Å²) in [5, 5.41) is 12.9. The third kappa shape index (κ3) is 5.03. The Balaban J connectivity index is 2.23. The van der Waals surface area contributed by atoms with Gasteiger partial charge < -0.3 is 15.0 Å². The van der Waals surface area contributed by atoms with E-state index >= 15 is 0 Å². The van der Waals surface area contributed by atoms with Crippen molar-refractivity contribution in [3.63, 3.8) is 0 Å². The molecule has 5 nitrogen and oxygen atoms in total. The first-order chi connectivity index (χ1) is 9.00. The maximum Gasteiger partial charge on any atom is 0.220 e. The van der Waals surface area contributed by atoms with Gasteiger partial charge in [0.05, 0.1) is 5.60 Å². The molecule has 0 spiro atoms. The summed E-state index contributed by atoms with van der Waals surface area (Å²) in [6.45, 7) is 6.94. The molecule has 1 rings (SSSR count). The number of rotatable bonds is 8. The standard InChI is InChI=1S/C14H25N3O2/c1-4-14(19,5-2)11-16-13(18)7-6-9-17-10-8-15-12(17)3/h8,10,19H,4-7,9,11H2,1-3H3,(H,16,18). The molecule has 0 aromatic carbocycles. The molecule has 0 unspecified atom stereocenters. The molecule has 1 heterocycles. The third-order valence-corrected chi connectivity index (χ3v) is 3.66. The predicted octanol–water partition coefficient (Wildman–Crippen LogP) is 1.64. The zero-order chi connectivity index (χ0) is 14.3. The summed E-state index contributed by atoms with van der Waals surface area (Å²) in [4.78, 5) is 15.8. The van der Waals surface area contributed by atoms with Gasteiger partial charge in [0.2, 0.25) is 5.91 Å². The van der Waals surface area contributed by atoms with Crippen LogP contribution in [0.3, 0.4) is 0 Å². The van der Waals surface area contributed by atoms with Crippen molar-refractivity contribution in [2.24, 2.45) is 0 Å². The Morgan fingerprint density at radius 1 is 1.47 bits per heavy atom. The second-order valence-corrected chi connectivity index (χ2v) is 4.98. The molecule has 1 aromatic heterocycles. The molecule has 0 aliphatic rings. The van der Waals surface area contributed by atoms with Gasteiger partial charge >= 0.3 is 0 Å². The Hall–Kier alpha value is -1.36. The lowest BCUT2D eigenvalue weighted by molar-refractivity contribution is -0.122. The molecule has 0 aliphatic heterocycles. The normalized spacial score (nSPS) is 11.6. The van der Waals surface area contributed by atoms with E-state index < -0.39 is 5.60 Å². The molecule has 5 heteroatoms. The van der Waals surface area contributed by atoms with Crippen LogP contribution in [0.1, 0.15) is 45.4 Å². The van der Waals surface area contributed by atoms with E-state index in [1.807, 2.05) is 31.5 Å². The number of nitrogens with zero attached hydrogens (tertiary/aromatic N) is 2. The maximum absolute atomic E-state index is 11.7. The molecule has 1 aromatic rings. The van der Waals surface area contributed by atoms with Crippen molar-refractivity contribution in [3.8, 4) is 0 Å². The van der Waals surface area contributed by atoms with Crippen LogP contribution in [-0.4, -0.2) is 32.7 Å². The second-order valence-electron chi connectivity index (χ2n) is 4.98. The van der Waals surface area contributed by atoms with Crippen LogP contribution in [0.2, 0.25) is 0 Å². The van der Waals surface area contributed by atoms with Crippen molar-refractivity contribution in [2.75, 3.05) is 6.54 Å². The van der Waals surface area contributed by atoms with Crippen LogP contribution in [0.4, 0.5) is 0 Å². The average Bonchev–Trinajstić information content (AvgIpc) is 2.82. The average molecular weight is 267 g/mol. The Kier molecular flexibility index (Phi) is 6.02. The number of aromatic nitrogens is 2. The first-order valence-electron chi connectivity index (χ1n) is 6.97. The molecular formula is C14H25N3O2. The summed E-state index contributed by atoms with van der Waals surface area (Å²) >= 11 is 0. The molecule has 19 heavy (non-hydrogen) atoms.